The van der Waals surface area contributed by atoms with Gasteiger partial charge in [0.25, 0.3) is 0 Å². The van der Waals surface area contributed by atoms with Crippen LogP contribution < -0.4 is 11.1 Å². The van der Waals surface area contributed by atoms with Gasteiger partial charge in [0.05, 0.1) is 17.4 Å². The van der Waals surface area contributed by atoms with Crippen molar-refractivity contribution >= 4 is 45.8 Å². The van der Waals surface area contributed by atoms with Crippen LogP contribution in [0, 0.1) is 10.5 Å². The van der Waals surface area contributed by atoms with Crippen molar-refractivity contribution in [3.8, 4) is 0 Å². The van der Waals surface area contributed by atoms with Crippen molar-refractivity contribution in [3.63, 3.8) is 0 Å². The van der Waals surface area contributed by atoms with Crippen molar-refractivity contribution in [2.75, 3.05) is 11.1 Å². The first-order chi connectivity index (χ1) is 8.99. The summed E-state index contributed by atoms with van der Waals surface area (Å²) in [5.41, 5.74) is 7.73. The minimum atomic E-state index is -1.07. The van der Waals surface area contributed by atoms with E-state index in [4.69, 9.17) is 10.8 Å². The maximum absolute atomic E-state index is 11.0. The van der Waals surface area contributed by atoms with Crippen molar-refractivity contribution < 1.29 is 9.90 Å². The van der Waals surface area contributed by atoms with E-state index in [-0.39, 0.29) is 11.3 Å². The maximum atomic E-state index is 11.0. The van der Waals surface area contributed by atoms with Gasteiger partial charge >= 0.3 is 5.97 Å². The van der Waals surface area contributed by atoms with Crippen molar-refractivity contribution in [1.82, 2.24) is 4.98 Å². The van der Waals surface area contributed by atoms with E-state index >= 15 is 0 Å². The number of carboxylic acid groups (broad SMARTS) is 1. The summed E-state index contributed by atoms with van der Waals surface area (Å²) in [6, 6.07) is 7.26. The third-order valence-electron chi connectivity index (χ3n) is 2.70. The Morgan fingerprint density at radius 1 is 1.47 bits per heavy atom. The molecule has 0 atom stereocenters. The third-order valence-corrected chi connectivity index (χ3v) is 3.86. The fourth-order valence-electron chi connectivity index (χ4n) is 1.60. The Labute approximate surface area is 124 Å². The molecule has 0 radical (unpaired) electrons. The number of nitrogen functional groups attached to an aromatic ring is 1. The minimum Gasteiger partial charge on any atom is -0.478 e. The number of carboxylic acids is 1. The quantitative estimate of drug-likeness (QED) is 0.724. The lowest BCUT2D eigenvalue weighted by Gasteiger charge is -2.11. The lowest BCUT2D eigenvalue weighted by atomic mass is 10.2. The fourth-order valence-corrected chi connectivity index (χ4v) is 2.10. The first kappa shape index (κ1) is 13.6. The number of anilines is 3. The molecule has 0 fully saturated rings. The molecule has 0 saturated carbocycles. The molecule has 1 heterocycles. The van der Waals surface area contributed by atoms with Gasteiger partial charge in [0.1, 0.15) is 5.82 Å². The zero-order chi connectivity index (χ0) is 14.0. The molecular weight excluding hydrogens is 357 g/mol. The molecule has 19 heavy (non-hydrogen) atoms. The summed E-state index contributed by atoms with van der Waals surface area (Å²) in [5, 5.41) is 12.1. The molecule has 2 rings (SSSR count). The molecule has 1 aromatic heterocycles. The number of nitrogens with one attached hydrogen (secondary N) is 1. The Morgan fingerprint density at radius 2 is 2.21 bits per heavy atom. The normalized spacial score (nSPS) is 10.2. The molecule has 0 aliphatic carbocycles. The number of nitrogens with two attached hydrogens (primary N) is 1. The average molecular weight is 369 g/mol. The summed E-state index contributed by atoms with van der Waals surface area (Å²) < 4.78 is 1.12. The monoisotopic (exact) mass is 369 g/mol. The molecule has 0 saturated heterocycles. The predicted molar refractivity (Wildman–Crippen MR) is 82.8 cm³/mol. The SMILES string of the molecule is Cc1c(I)cccc1Nc1cc(C(=O)O)c(N)cn1. The number of halogens is 1. The molecule has 2 aromatic rings. The number of carbonyl (C=O) groups is 1. The molecule has 0 aliphatic heterocycles. The van der Waals surface area contributed by atoms with E-state index in [1.54, 1.807) is 0 Å². The van der Waals surface area contributed by atoms with Gasteiger partial charge in [0.15, 0.2) is 0 Å². The molecule has 0 bridgehead atoms. The van der Waals surface area contributed by atoms with E-state index < -0.39 is 5.97 Å². The van der Waals surface area contributed by atoms with Crippen LogP contribution >= 0.6 is 22.6 Å². The van der Waals surface area contributed by atoms with Gasteiger partial charge in [-0.15, -0.1) is 0 Å². The summed E-state index contributed by atoms with van der Waals surface area (Å²) >= 11 is 2.24. The minimum absolute atomic E-state index is 0.0424. The molecule has 0 unspecified atom stereocenters. The zero-order valence-corrected chi connectivity index (χ0v) is 12.3. The van der Waals surface area contributed by atoms with Crippen LogP contribution in [0.5, 0.6) is 0 Å². The van der Waals surface area contributed by atoms with Gasteiger partial charge in [-0.05, 0) is 53.3 Å². The summed E-state index contributed by atoms with van der Waals surface area (Å²) in [6.45, 7) is 1.99. The van der Waals surface area contributed by atoms with E-state index in [0.717, 1.165) is 14.8 Å². The van der Waals surface area contributed by atoms with Crippen LogP contribution in [-0.2, 0) is 0 Å². The van der Waals surface area contributed by atoms with Crippen LogP contribution in [0.4, 0.5) is 17.2 Å². The Kier molecular flexibility index (Phi) is 3.89. The summed E-state index contributed by atoms with van der Waals surface area (Å²) in [4.78, 5) is 15.1. The average Bonchev–Trinajstić information content (AvgIpc) is 2.37. The summed E-state index contributed by atoms with van der Waals surface area (Å²) in [7, 11) is 0. The Bertz CT molecular complexity index is 644. The number of nitrogens with zero attached hydrogens (tertiary/aromatic N) is 1. The number of benzene rings is 1. The van der Waals surface area contributed by atoms with Crippen LogP contribution in [0.3, 0.4) is 0 Å². The maximum Gasteiger partial charge on any atom is 0.337 e. The van der Waals surface area contributed by atoms with E-state index in [1.807, 2.05) is 25.1 Å². The second-order valence-electron chi connectivity index (χ2n) is 4.00. The lowest BCUT2D eigenvalue weighted by Crippen LogP contribution is -2.05. The third kappa shape index (κ3) is 2.95. The van der Waals surface area contributed by atoms with E-state index in [0.29, 0.717) is 5.82 Å². The van der Waals surface area contributed by atoms with Crippen molar-refractivity contribution in [2.45, 2.75) is 6.92 Å². The van der Waals surface area contributed by atoms with Crippen molar-refractivity contribution in [3.05, 3.63) is 45.2 Å². The van der Waals surface area contributed by atoms with Crippen LogP contribution in [0.2, 0.25) is 0 Å². The highest BCUT2D eigenvalue weighted by Crippen LogP contribution is 2.24. The van der Waals surface area contributed by atoms with Gasteiger partial charge in [-0.3, -0.25) is 0 Å². The summed E-state index contributed by atoms with van der Waals surface area (Å²) in [5.74, 6) is -0.612. The second kappa shape index (κ2) is 5.43. The molecule has 1 aromatic carbocycles. The van der Waals surface area contributed by atoms with E-state index in [2.05, 4.69) is 32.9 Å². The largest absolute Gasteiger partial charge is 0.478 e. The van der Waals surface area contributed by atoms with Gasteiger partial charge in [-0.2, -0.15) is 0 Å². The molecule has 5 nitrogen and oxygen atoms in total. The molecule has 0 aliphatic rings. The first-order valence-electron chi connectivity index (χ1n) is 5.50. The number of aromatic carboxylic acids is 1. The smallest absolute Gasteiger partial charge is 0.337 e. The summed E-state index contributed by atoms with van der Waals surface area (Å²) in [6.07, 6.45) is 1.34. The van der Waals surface area contributed by atoms with E-state index in [1.165, 1.54) is 12.3 Å². The number of hydrogen-bond donors (Lipinski definition) is 3. The highest BCUT2D eigenvalue weighted by atomic mass is 127. The van der Waals surface area contributed by atoms with E-state index in [9.17, 15) is 4.79 Å². The van der Waals surface area contributed by atoms with Gasteiger partial charge < -0.3 is 16.2 Å². The Balaban J connectivity index is 2.36. The number of pyridine rings is 1. The van der Waals surface area contributed by atoms with Crippen LogP contribution in [0.15, 0.2) is 30.5 Å². The number of hydrogen-bond acceptors (Lipinski definition) is 4. The molecule has 6 heteroatoms. The van der Waals surface area contributed by atoms with Crippen molar-refractivity contribution in [2.24, 2.45) is 0 Å². The molecule has 98 valence electrons. The van der Waals surface area contributed by atoms with Crippen LogP contribution in [-0.4, -0.2) is 16.1 Å². The van der Waals surface area contributed by atoms with Gasteiger partial charge in [-0.1, -0.05) is 6.07 Å². The number of rotatable bonds is 3. The van der Waals surface area contributed by atoms with Gasteiger partial charge in [-0.25, -0.2) is 9.78 Å². The number of aromatic nitrogens is 1. The second-order valence-corrected chi connectivity index (χ2v) is 5.16. The standard InChI is InChI=1S/C13H12IN3O2/c1-7-9(14)3-2-4-11(7)17-12-5-8(13(18)19)10(15)6-16-12/h2-6H,15H2,1H3,(H,16,17)(H,18,19). The highest BCUT2D eigenvalue weighted by Gasteiger charge is 2.10. The Morgan fingerprint density at radius 3 is 2.89 bits per heavy atom. The van der Waals surface area contributed by atoms with Gasteiger partial charge in [0.2, 0.25) is 0 Å². The fraction of sp³-hybridized carbons (Fsp3) is 0.0769. The molecule has 0 spiro atoms. The molecule has 0 amide bonds. The molecule has 4 N–H and O–H groups in total. The predicted octanol–water partition coefficient (Wildman–Crippen LogP) is 3.02. The van der Waals surface area contributed by atoms with Crippen LogP contribution in [0.1, 0.15) is 15.9 Å². The van der Waals surface area contributed by atoms with Gasteiger partial charge in [0, 0.05) is 9.26 Å². The van der Waals surface area contributed by atoms with Crippen molar-refractivity contribution in [1.29, 1.82) is 0 Å². The molecular formula is C13H12IN3O2. The topological polar surface area (TPSA) is 88.2 Å². The highest BCUT2D eigenvalue weighted by molar-refractivity contribution is 14.1. The Hall–Kier alpha value is -1.83. The zero-order valence-electron chi connectivity index (χ0n) is 10.1. The lowest BCUT2D eigenvalue weighted by molar-refractivity contribution is 0.0698. The van der Waals surface area contributed by atoms with Crippen LogP contribution in [0.25, 0.3) is 0 Å². The first-order valence-corrected chi connectivity index (χ1v) is 6.58.